The summed E-state index contributed by atoms with van der Waals surface area (Å²) in [6.07, 6.45) is 2.08. The summed E-state index contributed by atoms with van der Waals surface area (Å²) in [6.45, 7) is 2.79. The van der Waals surface area contributed by atoms with Crippen LogP contribution in [-0.4, -0.2) is 48.9 Å². The number of rotatable bonds is 6. The topological polar surface area (TPSA) is 77.0 Å². The molecule has 4 rings (SSSR count). The summed E-state index contributed by atoms with van der Waals surface area (Å²) >= 11 is 0. The minimum absolute atomic E-state index is 0. The number of amides is 2. The highest BCUT2D eigenvalue weighted by molar-refractivity contribution is 14.0. The van der Waals surface area contributed by atoms with E-state index in [1.165, 1.54) is 0 Å². The average molecular weight is 547 g/mol. The first-order valence-electron chi connectivity index (χ1n) is 10.8. The smallest absolute Gasteiger partial charge is 0.229 e. The zero-order valence-corrected chi connectivity index (χ0v) is 20.6. The molecule has 0 aromatic heterocycles. The molecule has 170 valence electrons. The SMILES string of the molecule is CN=C(NCc1ccc(CN2CCCC2=O)cc1)NC1CC(=O)N(c2ccccc2)C1.I. The van der Waals surface area contributed by atoms with Crippen LogP contribution in [0.5, 0.6) is 0 Å². The van der Waals surface area contributed by atoms with E-state index in [2.05, 4.69) is 39.9 Å². The number of benzene rings is 2. The van der Waals surface area contributed by atoms with Crippen molar-refractivity contribution in [3.05, 3.63) is 65.7 Å². The second-order valence-electron chi connectivity index (χ2n) is 8.05. The molecule has 0 spiro atoms. The van der Waals surface area contributed by atoms with E-state index in [-0.39, 0.29) is 41.8 Å². The van der Waals surface area contributed by atoms with Crippen LogP contribution in [0, 0.1) is 0 Å². The van der Waals surface area contributed by atoms with Gasteiger partial charge in [-0.2, -0.15) is 0 Å². The first-order valence-corrected chi connectivity index (χ1v) is 10.8. The molecule has 2 heterocycles. The van der Waals surface area contributed by atoms with Gasteiger partial charge in [0.05, 0.1) is 6.04 Å². The van der Waals surface area contributed by atoms with Crippen molar-refractivity contribution < 1.29 is 9.59 Å². The highest BCUT2D eigenvalue weighted by Gasteiger charge is 2.31. The Hall–Kier alpha value is -2.62. The summed E-state index contributed by atoms with van der Waals surface area (Å²) in [7, 11) is 1.73. The molecule has 1 atom stereocenters. The van der Waals surface area contributed by atoms with Gasteiger partial charge in [0.2, 0.25) is 11.8 Å². The summed E-state index contributed by atoms with van der Waals surface area (Å²) in [5.41, 5.74) is 3.20. The monoisotopic (exact) mass is 547 g/mol. The number of halogens is 1. The van der Waals surface area contributed by atoms with Crippen molar-refractivity contribution >= 4 is 47.4 Å². The van der Waals surface area contributed by atoms with Gasteiger partial charge in [0.15, 0.2) is 5.96 Å². The van der Waals surface area contributed by atoms with Gasteiger partial charge in [0, 0.05) is 51.8 Å². The van der Waals surface area contributed by atoms with Crippen LogP contribution in [0.25, 0.3) is 0 Å². The number of hydrogen-bond acceptors (Lipinski definition) is 3. The summed E-state index contributed by atoms with van der Waals surface area (Å²) in [4.78, 5) is 32.2. The highest BCUT2D eigenvalue weighted by atomic mass is 127. The fraction of sp³-hybridized carbons (Fsp3) is 0.375. The van der Waals surface area contributed by atoms with Crippen LogP contribution in [0.1, 0.15) is 30.4 Å². The van der Waals surface area contributed by atoms with E-state index in [9.17, 15) is 9.59 Å². The predicted octanol–water partition coefficient (Wildman–Crippen LogP) is 2.90. The Kier molecular flexibility index (Phi) is 8.49. The van der Waals surface area contributed by atoms with Crippen LogP contribution in [0.2, 0.25) is 0 Å². The molecule has 2 aromatic carbocycles. The molecule has 7 nitrogen and oxygen atoms in total. The normalized spacial score (nSPS) is 18.7. The Balaban J connectivity index is 0.00000289. The number of para-hydroxylation sites is 1. The third kappa shape index (κ3) is 5.99. The fourth-order valence-corrected chi connectivity index (χ4v) is 4.09. The van der Waals surface area contributed by atoms with Crippen LogP contribution in [0.15, 0.2) is 59.6 Å². The molecular formula is C24H30IN5O2. The molecule has 0 radical (unpaired) electrons. The molecule has 2 aromatic rings. The van der Waals surface area contributed by atoms with E-state index in [1.54, 1.807) is 7.05 Å². The van der Waals surface area contributed by atoms with E-state index in [1.807, 2.05) is 40.1 Å². The maximum Gasteiger partial charge on any atom is 0.229 e. The lowest BCUT2D eigenvalue weighted by molar-refractivity contribution is -0.128. The molecule has 2 aliphatic rings. The third-order valence-electron chi connectivity index (χ3n) is 5.79. The first-order chi connectivity index (χ1) is 15.1. The Morgan fingerprint density at radius 1 is 1.03 bits per heavy atom. The Morgan fingerprint density at radius 2 is 1.75 bits per heavy atom. The Bertz CT molecular complexity index is 949. The second-order valence-corrected chi connectivity index (χ2v) is 8.05. The largest absolute Gasteiger partial charge is 0.352 e. The third-order valence-corrected chi connectivity index (χ3v) is 5.79. The van der Waals surface area contributed by atoms with Gasteiger partial charge in [-0.15, -0.1) is 24.0 Å². The lowest BCUT2D eigenvalue weighted by Crippen LogP contribution is -2.44. The molecule has 2 N–H and O–H groups in total. The molecule has 2 fully saturated rings. The first kappa shape index (κ1) is 24.0. The Labute approximate surface area is 206 Å². The van der Waals surface area contributed by atoms with E-state index in [0.717, 1.165) is 29.8 Å². The maximum atomic E-state index is 12.4. The second kappa shape index (κ2) is 11.3. The maximum absolute atomic E-state index is 12.4. The summed E-state index contributed by atoms with van der Waals surface area (Å²) in [5.74, 6) is 1.04. The summed E-state index contributed by atoms with van der Waals surface area (Å²) in [5, 5.41) is 6.69. The highest BCUT2D eigenvalue weighted by Crippen LogP contribution is 2.21. The van der Waals surface area contributed by atoms with Crippen LogP contribution in [0.3, 0.4) is 0 Å². The zero-order valence-electron chi connectivity index (χ0n) is 18.3. The number of nitrogens with one attached hydrogen (secondary N) is 2. The summed E-state index contributed by atoms with van der Waals surface area (Å²) < 4.78 is 0. The molecule has 0 aliphatic carbocycles. The Morgan fingerprint density at radius 3 is 2.41 bits per heavy atom. The minimum atomic E-state index is 0. The minimum Gasteiger partial charge on any atom is -0.352 e. The number of nitrogens with zero attached hydrogens (tertiary/aromatic N) is 3. The van der Waals surface area contributed by atoms with Crippen molar-refractivity contribution in [1.82, 2.24) is 15.5 Å². The van der Waals surface area contributed by atoms with Gasteiger partial charge in [-0.1, -0.05) is 42.5 Å². The van der Waals surface area contributed by atoms with Crippen molar-refractivity contribution in [2.24, 2.45) is 4.99 Å². The van der Waals surface area contributed by atoms with Crippen molar-refractivity contribution in [3.8, 4) is 0 Å². The standard InChI is InChI=1S/C24H29N5O2.HI/c1-25-24(27-20-14-23(31)29(17-20)21-6-3-2-4-7-21)26-15-18-9-11-19(12-10-18)16-28-13-5-8-22(28)30;/h2-4,6-7,9-12,20H,5,8,13-17H2,1H3,(H2,25,26,27);1H. The van der Waals surface area contributed by atoms with Gasteiger partial charge in [0.1, 0.15) is 0 Å². The summed E-state index contributed by atoms with van der Waals surface area (Å²) in [6, 6.07) is 18.1. The molecule has 32 heavy (non-hydrogen) atoms. The number of carbonyl (C=O) groups excluding carboxylic acids is 2. The van der Waals surface area contributed by atoms with Gasteiger partial charge in [-0.3, -0.25) is 14.6 Å². The lowest BCUT2D eigenvalue weighted by atomic mass is 10.1. The number of guanidine groups is 1. The van der Waals surface area contributed by atoms with Gasteiger partial charge < -0.3 is 20.4 Å². The molecule has 1 unspecified atom stereocenters. The van der Waals surface area contributed by atoms with Gasteiger partial charge >= 0.3 is 0 Å². The average Bonchev–Trinajstić information content (AvgIpc) is 3.37. The van der Waals surface area contributed by atoms with Crippen molar-refractivity contribution in [2.75, 3.05) is 25.0 Å². The molecule has 2 aliphatic heterocycles. The number of hydrogen-bond donors (Lipinski definition) is 2. The molecule has 0 saturated carbocycles. The number of aliphatic imine (C=N–C) groups is 1. The molecule has 0 bridgehead atoms. The zero-order chi connectivity index (χ0) is 21.6. The van der Waals surface area contributed by atoms with Gasteiger partial charge in [0.25, 0.3) is 0 Å². The van der Waals surface area contributed by atoms with E-state index in [4.69, 9.17) is 0 Å². The molecule has 8 heteroatoms. The van der Waals surface area contributed by atoms with Crippen LogP contribution in [-0.2, 0) is 22.7 Å². The van der Waals surface area contributed by atoms with E-state index < -0.39 is 0 Å². The van der Waals surface area contributed by atoms with E-state index in [0.29, 0.717) is 38.4 Å². The molecular weight excluding hydrogens is 517 g/mol. The van der Waals surface area contributed by atoms with Gasteiger partial charge in [-0.25, -0.2) is 0 Å². The fourth-order valence-electron chi connectivity index (χ4n) is 4.09. The lowest BCUT2D eigenvalue weighted by Gasteiger charge is -2.19. The predicted molar refractivity (Wildman–Crippen MR) is 137 cm³/mol. The van der Waals surface area contributed by atoms with Gasteiger partial charge in [-0.05, 0) is 29.7 Å². The molecule has 2 amide bonds. The van der Waals surface area contributed by atoms with Crippen molar-refractivity contribution in [3.63, 3.8) is 0 Å². The number of anilines is 1. The molecule has 2 saturated heterocycles. The number of likely N-dealkylation sites (tertiary alicyclic amines) is 1. The van der Waals surface area contributed by atoms with Crippen molar-refractivity contribution in [2.45, 2.75) is 38.4 Å². The quantitative estimate of drug-likeness (QED) is 0.332. The van der Waals surface area contributed by atoms with E-state index >= 15 is 0 Å². The van der Waals surface area contributed by atoms with Crippen LogP contribution >= 0.6 is 24.0 Å². The van der Waals surface area contributed by atoms with Crippen molar-refractivity contribution in [1.29, 1.82) is 0 Å². The van der Waals surface area contributed by atoms with Crippen LogP contribution < -0.4 is 15.5 Å². The number of carbonyl (C=O) groups is 2. The van der Waals surface area contributed by atoms with Crippen LogP contribution in [0.4, 0.5) is 5.69 Å².